The molecular weight excluding hydrogens is 262 g/mol. The maximum atomic E-state index is 12.9. The first-order chi connectivity index (χ1) is 9.96. The highest BCUT2D eigenvalue weighted by molar-refractivity contribution is 5.76. The molecule has 0 aromatic carbocycles. The predicted molar refractivity (Wildman–Crippen MR) is 83.1 cm³/mol. The molecule has 0 unspecified atom stereocenters. The summed E-state index contributed by atoms with van der Waals surface area (Å²) in [6.07, 6.45) is 7.97. The first-order valence-electron chi connectivity index (χ1n) is 8.76. The second-order valence-corrected chi connectivity index (χ2v) is 8.77. The van der Waals surface area contributed by atoms with Crippen molar-refractivity contribution in [2.75, 3.05) is 19.6 Å². The van der Waals surface area contributed by atoms with E-state index in [9.17, 15) is 4.79 Å². The van der Waals surface area contributed by atoms with Gasteiger partial charge in [-0.3, -0.25) is 0 Å². The van der Waals surface area contributed by atoms with Crippen LogP contribution in [0.3, 0.4) is 0 Å². The lowest BCUT2D eigenvalue weighted by atomic mass is 9.53. The summed E-state index contributed by atoms with van der Waals surface area (Å²) < 4.78 is 0. The minimum atomic E-state index is -0.0787. The number of rotatable bonds is 1. The topological polar surface area (TPSA) is 44.4 Å². The lowest BCUT2D eigenvalue weighted by molar-refractivity contribution is -0.0183. The summed E-state index contributed by atoms with van der Waals surface area (Å²) in [4.78, 5) is 14.9. The monoisotopic (exact) mass is 291 g/mol. The van der Waals surface area contributed by atoms with Crippen molar-refractivity contribution in [2.45, 2.75) is 63.5 Å². The van der Waals surface area contributed by atoms with Crippen molar-refractivity contribution in [1.82, 2.24) is 15.5 Å². The molecule has 1 heterocycles. The van der Waals surface area contributed by atoms with Crippen molar-refractivity contribution in [3.05, 3.63) is 0 Å². The third-order valence-corrected chi connectivity index (χ3v) is 6.46. The van der Waals surface area contributed by atoms with E-state index in [1.54, 1.807) is 0 Å². The first kappa shape index (κ1) is 13.9. The van der Waals surface area contributed by atoms with Crippen LogP contribution in [0.15, 0.2) is 0 Å². The van der Waals surface area contributed by atoms with E-state index < -0.39 is 0 Å². The van der Waals surface area contributed by atoms with Crippen molar-refractivity contribution in [3.63, 3.8) is 0 Å². The second kappa shape index (κ2) is 4.61. The molecule has 21 heavy (non-hydrogen) atoms. The predicted octanol–water partition coefficient (Wildman–Crippen LogP) is 2.35. The van der Waals surface area contributed by atoms with Crippen LogP contribution in [0, 0.1) is 17.8 Å². The minimum absolute atomic E-state index is 0.0787. The molecule has 4 saturated carbocycles. The summed E-state index contributed by atoms with van der Waals surface area (Å²) in [6, 6.07) is 0.184. The molecule has 4 aliphatic carbocycles. The Hall–Kier alpha value is -0.770. The first-order valence-corrected chi connectivity index (χ1v) is 8.76. The zero-order chi connectivity index (χ0) is 14.7. The van der Waals surface area contributed by atoms with Crippen LogP contribution in [-0.2, 0) is 0 Å². The summed E-state index contributed by atoms with van der Waals surface area (Å²) in [5.74, 6) is 2.65. The Bertz CT molecular complexity index is 410. The van der Waals surface area contributed by atoms with Crippen LogP contribution in [0.4, 0.5) is 4.79 Å². The van der Waals surface area contributed by atoms with Gasteiger partial charge < -0.3 is 15.5 Å². The van der Waals surface area contributed by atoms with Crippen molar-refractivity contribution < 1.29 is 4.79 Å². The summed E-state index contributed by atoms with van der Waals surface area (Å²) in [6.45, 7) is 6.96. The molecule has 1 aliphatic heterocycles. The third-order valence-electron chi connectivity index (χ3n) is 6.46. The summed E-state index contributed by atoms with van der Waals surface area (Å²) in [5.41, 5.74) is 0.0530. The molecule has 118 valence electrons. The molecule has 0 aromatic rings. The summed E-state index contributed by atoms with van der Waals surface area (Å²) >= 11 is 0. The lowest BCUT2D eigenvalue weighted by Crippen LogP contribution is -2.67. The van der Waals surface area contributed by atoms with Crippen LogP contribution in [0.2, 0.25) is 0 Å². The molecular formula is C17H29N3O. The molecule has 0 spiro atoms. The number of urea groups is 1. The fourth-order valence-corrected chi connectivity index (χ4v) is 5.92. The molecule has 1 saturated heterocycles. The molecule has 4 bridgehead atoms. The second-order valence-electron chi connectivity index (χ2n) is 8.77. The van der Waals surface area contributed by atoms with Gasteiger partial charge in [0.1, 0.15) is 0 Å². The molecule has 0 aromatic heterocycles. The van der Waals surface area contributed by atoms with Gasteiger partial charge >= 0.3 is 6.03 Å². The smallest absolute Gasteiger partial charge is 0.318 e. The minimum Gasteiger partial charge on any atom is -0.333 e. The zero-order valence-electron chi connectivity index (χ0n) is 13.5. The van der Waals surface area contributed by atoms with Crippen molar-refractivity contribution in [2.24, 2.45) is 17.8 Å². The molecule has 4 heteroatoms. The molecule has 0 radical (unpaired) electrons. The van der Waals surface area contributed by atoms with Crippen LogP contribution in [0.25, 0.3) is 0 Å². The van der Waals surface area contributed by atoms with Gasteiger partial charge in [-0.05, 0) is 70.1 Å². The maximum absolute atomic E-state index is 12.9. The van der Waals surface area contributed by atoms with Gasteiger partial charge in [-0.15, -0.1) is 0 Å². The van der Waals surface area contributed by atoms with Gasteiger partial charge in [-0.25, -0.2) is 4.79 Å². The molecule has 2 N–H and O–H groups in total. The number of nitrogens with zero attached hydrogens (tertiary/aromatic N) is 1. The molecule has 5 rings (SSSR count). The largest absolute Gasteiger partial charge is 0.333 e. The Morgan fingerprint density at radius 2 is 1.67 bits per heavy atom. The highest BCUT2D eigenvalue weighted by atomic mass is 16.2. The van der Waals surface area contributed by atoms with Gasteiger partial charge in [0.05, 0.1) is 5.54 Å². The van der Waals surface area contributed by atoms with Gasteiger partial charge in [0.15, 0.2) is 0 Å². The quantitative estimate of drug-likeness (QED) is 0.779. The van der Waals surface area contributed by atoms with E-state index in [4.69, 9.17) is 0 Å². The van der Waals surface area contributed by atoms with Crippen molar-refractivity contribution in [1.29, 1.82) is 0 Å². The third kappa shape index (κ3) is 2.36. The number of carbonyl (C=O) groups is 1. The number of amides is 2. The van der Waals surface area contributed by atoms with Gasteiger partial charge in [-0.2, -0.15) is 0 Å². The number of piperazine rings is 1. The van der Waals surface area contributed by atoms with Crippen LogP contribution in [0.1, 0.15) is 52.4 Å². The Morgan fingerprint density at radius 1 is 1.10 bits per heavy atom. The fraction of sp³-hybridized carbons (Fsp3) is 0.941. The Kier molecular flexibility index (Phi) is 3.04. The zero-order valence-corrected chi connectivity index (χ0v) is 13.5. The molecule has 5 fully saturated rings. The summed E-state index contributed by atoms with van der Waals surface area (Å²) in [7, 11) is 0. The van der Waals surface area contributed by atoms with E-state index in [0.717, 1.165) is 37.4 Å². The number of hydrogen-bond acceptors (Lipinski definition) is 2. The highest BCUT2D eigenvalue weighted by Crippen LogP contribution is 2.55. The van der Waals surface area contributed by atoms with Crippen molar-refractivity contribution in [3.8, 4) is 0 Å². The average Bonchev–Trinajstić information content (AvgIpc) is 2.35. The average molecular weight is 291 g/mol. The standard InChI is InChI=1S/C17H29N3O/c1-16(2)11-18-3-4-20(16)15(21)19-17-8-12-5-13(9-17)7-14(6-12)10-17/h12-14,18H,3-11H2,1-2H3,(H,19,21). The van der Waals surface area contributed by atoms with E-state index in [1.165, 1.54) is 38.5 Å². The van der Waals surface area contributed by atoms with Crippen LogP contribution in [0.5, 0.6) is 0 Å². The van der Waals surface area contributed by atoms with E-state index in [2.05, 4.69) is 29.4 Å². The lowest BCUT2D eigenvalue weighted by Gasteiger charge is -2.57. The SMILES string of the molecule is CC1(C)CNCCN1C(=O)NC12CC3CC(CC(C3)C1)C2. The van der Waals surface area contributed by atoms with Crippen molar-refractivity contribution >= 4 is 6.03 Å². The van der Waals surface area contributed by atoms with Crippen LogP contribution >= 0.6 is 0 Å². The highest BCUT2D eigenvalue weighted by Gasteiger charge is 2.52. The molecule has 0 atom stereocenters. The Morgan fingerprint density at radius 3 is 2.19 bits per heavy atom. The fourth-order valence-electron chi connectivity index (χ4n) is 5.92. The Labute approximate surface area is 128 Å². The van der Waals surface area contributed by atoms with E-state index in [-0.39, 0.29) is 17.1 Å². The normalized spacial score (nSPS) is 43.9. The van der Waals surface area contributed by atoms with Gasteiger partial charge in [0.2, 0.25) is 0 Å². The van der Waals surface area contributed by atoms with Gasteiger partial charge in [-0.1, -0.05) is 0 Å². The number of hydrogen-bond donors (Lipinski definition) is 2. The maximum Gasteiger partial charge on any atom is 0.318 e. The molecule has 5 aliphatic rings. The number of carbonyl (C=O) groups excluding carboxylic acids is 1. The molecule has 2 amide bonds. The summed E-state index contributed by atoms with van der Waals surface area (Å²) in [5, 5.41) is 6.91. The van der Waals surface area contributed by atoms with E-state index >= 15 is 0 Å². The van der Waals surface area contributed by atoms with Crippen LogP contribution < -0.4 is 10.6 Å². The molecule has 4 nitrogen and oxygen atoms in total. The van der Waals surface area contributed by atoms with Gasteiger partial charge in [0, 0.05) is 25.2 Å². The van der Waals surface area contributed by atoms with Crippen LogP contribution in [-0.4, -0.2) is 41.6 Å². The van der Waals surface area contributed by atoms with E-state index in [0.29, 0.717) is 0 Å². The number of nitrogens with one attached hydrogen (secondary N) is 2. The Balaban J connectivity index is 1.49. The van der Waals surface area contributed by atoms with E-state index in [1.807, 2.05) is 0 Å². The van der Waals surface area contributed by atoms with Gasteiger partial charge in [0.25, 0.3) is 0 Å².